The van der Waals surface area contributed by atoms with Gasteiger partial charge < -0.3 is 25.0 Å². The molecule has 0 spiro atoms. The molecule has 5 aromatic rings. The normalized spacial score (nSPS) is 17.2. The summed E-state index contributed by atoms with van der Waals surface area (Å²) in [6.07, 6.45) is 4.01. The lowest BCUT2D eigenvalue weighted by Gasteiger charge is -2.40. The van der Waals surface area contributed by atoms with Crippen LogP contribution < -0.4 is 30.7 Å². The van der Waals surface area contributed by atoms with E-state index < -0.39 is 17.8 Å². The molecule has 3 N–H and O–H groups in total. The maximum Gasteiger partial charge on any atom is 0.328 e. The quantitative estimate of drug-likeness (QED) is 0.125. The van der Waals surface area contributed by atoms with Crippen molar-refractivity contribution in [1.29, 1.82) is 0 Å². The predicted molar refractivity (Wildman–Crippen MR) is 236 cm³/mol. The predicted octanol–water partition coefficient (Wildman–Crippen LogP) is 6.99. The molecule has 3 saturated heterocycles. The van der Waals surface area contributed by atoms with Crippen molar-refractivity contribution in [2.75, 3.05) is 72.4 Å². The zero-order chi connectivity index (χ0) is 43.5. The average molecular weight is 844 g/mol. The first-order valence-corrected chi connectivity index (χ1v) is 21.4. The van der Waals surface area contributed by atoms with E-state index in [1.54, 1.807) is 24.0 Å². The Morgan fingerprint density at radius 1 is 0.903 bits per heavy atom. The molecule has 3 aromatic carbocycles. The van der Waals surface area contributed by atoms with Crippen molar-refractivity contribution in [2.45, 2.75) is 65.3 Å². The van der Waals surface area contributed by atoms with Crippen LogP contribution in [0.5, 0.6) is 0 Å². The van der Waals surface area contributed by atoms with Gasteiger partial charge >= 0.3 is 17.8 Å². The van der Waals surface area contributed by atoms with E-state index in [-0.39, 0.29) is 23.2 Å². The number of aromatic nitrogens is 4. The van der Waals surface area contributed by atoms with E-state index in [9.17, 15) is 14.4 Å². The SMILES string of the molecule is Cc1cc(-c2cc(Nc3cccc(N4CCN(CC5CCN(c6ccc(N7CCC(=O)NC7=O)cc6)CC5)CC4)c3)ncn2)c(F)cc1C(C)NC(=O)c1nc(C(C)(C)C)no1. The van der Waals surface area contributed by atoms with Crippen LogP contribution in [0.15, 0.2) is 77.6 Å². The summed E-state index contributed by atoms with van der Waals surface area (Å²) in [5.41, 5.74) is 5.76. The second-order valence-electron chi connectivity index (χ2n) is 17.5. The molecular weight excluding hydrogens is 790 g/mol. The molecule has 3 fully saturated rings. The third-order valence-corrected chi connectivity index (χ3v) is 12.0. The average Bonchev–Trinajstić information content (AvgIpc) is 3.78. The number of rotatable bonds is 11. The van der Waals surface area contributed by atoms with Gasteiger partial charge in [-0.25, -0.2) is 19.2 Å². The summed E-state index contributed by atoms with van der Waals surface area (Å²) >= 11 is 0. The second kappa shape index (κ2) is 17.9. The molecule has 0 bridgehead atoms. The molecule has 0 radical (unpaired) electrons. The van der Waals surface area contributed by atoms with Crippen LogP contribution in [0.2, 0.25) is 0 Å². The van der Waals surface area contributed by atoms with E-state index in [2.05, 4.69) is 75.0 Å². The van der Waals surface area contributed by atoms with E-state index in [0.29, 0.717) is 47.3 Å². The van der Waals surface area contributed by atoms with Crippen molar-refractivity contribution in [2.24, 2.45) is 5.92 Å². The highest BCUT2D eigenvalue weighted by atomic mass is 19.1. The molecule has 16 heteroatoms. The molecule has 8 rings (SSSR count). The number of halogens is 1. The van der Waals surface area contributed by atoms with Crippen molar-refractivity contribution < 1.29 is 23.3 Å². The van der Waals surface area contributed by atoms with E-state index >= 15 is 4.39 Å². The van der Waals surface area contributed by atoms with Crippen LogP contribution in [-0.2, 0) is 10.2 Å². The Kier molecular flexibility index (Phi) is 12.2. The smallest absolute Gasteiger partial charge is 0.328 e. The molecule has 0 aliphatic carbocycles. The van der Waals surface area contributed by atoms with Gasteiger partial charge in [0.1, 0.15) is 18.0 Å². The Morgan fingerprint density at radius 2 is 1.63 bits per heavy atom. The van der Waals surface area contributed by atoms with Gasteiger partial charge in [-0.15, -0.1) is 0 Å². The molecule has 324 valence electrons. The molecule has 3 aliphatic heterocycles. The molecule has 5 heterocycles. The number of aryl methyl sites for hydroxylation is 1. The fourth-order valence-corrected chi connectivity index (χ4v) is 8.40. The summed E-state index contributed by atoms with van der Waals surface area (Å²) in [6.45, 7) is 16.8. The first-order valence-electron chi connectivity index (χ1n) is 21.4. The van der Waals surface area contributed by atoms with Crippen LogP contribution in [0, 0.1) is 18.7 Å². The molecule has 1 unspecified atom stereocenters. The largest absolute Gasteiger partial charge is 0.372 e. The maximum atomic E-state index is 15.7. The number of imide groups is 1. The summed E-state index contributed by atoms with van der Waals surface area (Å²) in [5.74, 6) is 0.258. The zero-order valence-corrected chi connectivity index (χ0v) is 35.9. The number of urea groups is 1. The van der Waals surface area contributed by atoms with Gasteiger partial charge in [0.2, 0.25) is 5.91 Å². The number of benzene rings is 3. The van der Waals surface area contributed by atoms with E-state index in [0.717, 1.165) is 87.0 Å². The van der Waals surface area contributed by atoms with E-state index in [4.69, 9.17) is 4.52 Å². The topological polar surface area (TPSA) is 165 Å². The number of carbonyl (C=O) groups excluding carboxylic acids is 3. The number of hydrogen-bond donors (Lipinski definition) is 3. The minimum Gasteiger partial charge on any atom is -0.372 e. The van der Waals surface area contributed by atoms with Crippen LogP contribution in [-0.4, -0.2) is 95.2 Å². The number of anilines is 5. The minimum absolute atomic E-state index is 0.139. The first-order chi connectivity index (χ1) is 29.8. The number of piperidine rings is 1. The van der Waals surface area contributed by atoms with Crippen LogP contribution in [0.3, 0.4) is 0 Å². The lowest BCUT2D eigenvalue weighted by molar-refractivity contribution is -0.120. The molecule has 1 atom stereocenters. The van der Waals surface area contributed by atoms with Crippen LogP contribution in [0.1, 0.15) is 80.6 Å². The fourth-order valence-electron chi connectivity index (χ4n) is 8.40. The highest BCUT2D eigenvalue weighted by Crippen LogP contribution is 2.31. The van der Waals surface area contributed by atoms with Crippen molar-refractivity contribution in [1.82, 2.24) is 35.6 Å². The van der Waals surface area contributed by atoms with Gasteiger partial charge in [0.05, 0.1) is 11.7 Å². The molecular formula is C46H54FN11O4. The monoisotopic (exact) mass is 843 g/mol. The Labute approximate surface area is 361 Å². The number of nitrogens with zero attached hydrogens (tertiary/aromatic N) is 8. The van der Waals surface area contributed by atoms with Gasteiger partial charge in [-0.05, 0) is 98.3 Å². The summed E-state index contributed by atoms with van der Waals surface area (Å²) in [7, 11) is 0. The minimum atomic E-state index is -0.527. The van der Waals surface area contributed by atoms with Gasteiger partial charge in [-0.1, -0.05) is 32.0 Å². The summed E-state index contributed by atoms with van der Waals surface area (Å²) in [5, 5.41) is 12.6. The third kappa shape index (κ3) is 9.70. The van der Waals surface area contributed by atoms with Gasteiger partial charge in [0.25, 0.3) is 0 Å². The Bertz CT molecular complexity index is 2420. The van der Waals surface area contributed by atoms with Gasteiger partial charge in [-0.2, -0.15) is 4.98 Å². The lowest BCUT2D eigenvalue weighted by atomic mass is 9.95. The van der Waals surface area contributed by atoms with Gasteiger partial charge in [0, 0.05) is 98.6 Å². The maximum absolute atomic E-state index is 15.7. The van der Waals surface area contributed by atoms with Crippen LogP contribution in [0.25, 0.3) is 11.3 Å². The molecule has 2 aromatic heterocycles. The third-order valence-electron chi connectivity index (χ3n) is 12.0. The molecule has 15 nitrogen and oxygen atoms in total. The fraction of sp³-hybridized carbons (Fsp3) is 0.413. The van der Waals surface area contributed by atoms with Crippen molar-refractivity contribution in [3.63, 3.8) is 0 Å². The number of carbonyl (C=O) groups is 3. The van der Waals surface area contributed by atoms with E-state index in [1.165, 1.54) is 12.4 Å². The number of amides is 4. The van der Waals surface area contributed by atoms with Crippen LogP contribution in [0.4, 0.5) is 37.8 Å². The van der Waals surface area contributed by atoms with E-state index in [1.807, 2.05) is 52.0 Å². The highest BCUT2D eigenvalue weighted by molar-refractivity contribution is 6.05. The molecule has 3 aliphatic rings. The Hall–Kier alpha value is -6.42. The zero-order valence-electron chi connectivity index (χ0n) is 35.9. The van der Waals surface area contributed by atoms with Crippen molar-refractivity contribution >= 4 is 46.4 Å². The first kappa shape index (κ1) is 42.3. The van der Waals surface area contributed by atoms with Crippen molar-refractivity contribution in [3.8, 4) is 11.3 Å². The van der Waals surface area contributed by atoms with Gasteiger partial charge in [-0.3, -0.25) is 24.7 Å². The Balaban J connectivity index is 0.816. The number of piperazine rings is 1. The summed E-state index contributed by atoms with van der Waals surface area (Å²) in [6, 6.07) is 20.4. The highest BCUT2D eigenvalue weighted by Gasteiger charge is 2.28. The molecule has 0 saturated carbocycles. The van der Waals surface area contributed by atoms with Crippen molar-refractivity contribution in [3.05, 3.63) is 102 Å². The van der Waals surface area contributed by atoms with Crippen LogP contribution >= 0.6 is 0 Å². The number of hydrogen-bond acceptors (Lipinski definition) is 12. The van der Waals surface area contributed by atoms with Gasteiger partial charge in [0.15, 0.2) is 5.82 Å². The second-order valence-corrected chi connectivity index (χ2v) is 17.5. The summed E-state index contributed by atoms with van der Waals surface area (Å²) < 4.78 is 20.9. The lowest BCUT2D eigenvalue weighted by Crippen LogP contribution is -2.49. The Morgan fingerprint density at radius 3 is 2.34 bits per heavy atom. The molecule has 62 heavy (non-hydrogen) atoms. The summed E-state index contributed by atoms with van der Waals surface area (Å²) in [4.78, 5) is 58.7. The standard InChI is InChI=1S/C46H54FN11O4/c1-29-23-37(38(47)25-36(29)30(2)50-42(60)43-53-44(54-62-43)46(3,4)5)39-26-40(49-28-48-39)51-32-7-6-8-35(24-32)57-21-19-55(20-22-57)27-31-13-16-56(17-14-31)33-9-11-34(12-10-33)58-18-15-41(59)52-45(58)61/h6-12,23-26,28,30-31H,13-22,27H2,1-5H3,(H,50,60)(H,48,49,51)(H,52,59,61). The number of nitrogens with one attached hydrogen (secondary N) is 3. The molecule has 4 amide bonds.